The van der Waals surface area contributed by atoms with Crippen molar-refractivity contribution in [3.8, 4) is 0 Å². The van der Waals surface area contributed by atoms with Gasteiger partial charge in [0, 0.05) is 5.57 Å². The summed E-state index contributed by atoms with van der Waals surface area (Å²) in [7, 11) is 1.23. The lowest BCUT2D eigenvalue weighted by Gasteiger charge is -2.13. The van der Waals surface area contributed by atoms with Crippen LogP contribution in [0.3, 0.4) is 0 Å². The van der Waals surface area contributed by atoms with Crippen LogP contribution >= 0.6 is 0 Å². The van der Waals surface area contributed by atoms with Gasteiger partial charge >= 0.3 is 17.9 Å². The monoisotopic (exact) mass is 270 g/mol. The summed E-state index contributed by atoms with van der Waals surface area (Å²) >= 11 is 0. The maximum Gasteiger partial charge on any atom is 0.333 e. The molecule has 1 fully saturated rings. The zero-order chi connectivity index (χ0) is 14.6. The van der Waals surface area contributed by atoms with Crippen LogP contribution in [-0.4, -0.2) is 38.2 Å². The molecule has 19 heavy (non-hydrogen) atoms. The fourth-order valence-corrected chi connectivity index (χ4v) is 1.78. The first kappa shape index (κ1) is 15.2. The first-order chi connectivity index (χ1) is 8.86. The number of carbonyl (C=O) groups is 3. The Hall–Kier alpha value is -1.85. The maximum atomic E-state index is 11.8. The number of ether oxygens (including phenoxy) is 3. The first-order valence-corrected chi connectivity index (χ1v) is 5.94. The third kappa shape index (κ3) is 3.13. The fraction of sp³-hybridized carbons (Fsp3) is 0.615. The van der Waals surface area contributed by atoms with Crippen LogP contribution in [0.25, 0.3) is 0 Å². The predicted octanol–water partition coefficient (Wildman–Crippen LogP) is 0.848. The van der Waals surface area contributed by atoms with Crippen molar-refractivity contribution in [1.29, 1.82) is 0 Å². The highest BCUT2D eigenvalue weighted by Crippen LogP contribution is 2.54. The van der Waals surface area contributed by atoms with E-state index in [9.17, 15) is 14.4 Å². The molecule has 2 atom stereocenters. The number of carbonyl (C=O) groups excluding carboxylic acids is 3. The van der Waals surface area contributed by atoms with Gasteiger partial charge in [0.1, 0.15) is 13.2 Å². The van der Waals surface area contributed by atoms with Gasteiger partial charge in [-0.15, -0.1) is 0 Å². The lowest BCUT2D eigenvalue weighted by atomic mass is 10.1. The Balaban J connectivity index is 2.38. The summed E-state index contributed by atoms with van der Waals surface area (Å²) in [5.74, 6) is -1.84. The van der Waals surface area contributed by atoms with Gasteiger partial charge in [0.25, 0.3) is 0 Å². The number of rotatable bonds is 6. The van der Waals surface area contributed by atoms with Gasteiger partial charge in [-0.05, 0) is 19.3 Å². The first-order valence-electron chi connectivity index (χ1n) is 5.94. The van der Waals surface area contributed by atoms with E-state index in [0.29, 0.717) is 6.42 Å². The molecule has 6 nitrogen and oxygen atoms in total. The molecule has 1 aliphatic carbocycles. The van der Waals surface area contributed by atoms with Gasteiger partial charge < -0.3 is 14.2 Å². The molecular formula is C13H18O6. The van der Waals surface area contributed by atoms with Crippen LogP contribution < -0.4 is 0 Å². The lowest BCUT2D eigenvalue weighted by Crippen LogP contribution is -2.31. The van der Waals surface area contributed by atoms with Crippen molar-refractivity contribution >= 4 is 17.9 Å². The Morgan fingerprint density at radius 2 is 1.74 bits per heavy atom. The second-order valence-corrected chi connectivity index (χ2v) is 4.62. The van der Waals surface area contributed by atoms with Crippen molar-refractivity contribution in [2.45, 2.75) is 20.3 Å². The Labute approximate surface area is 111 Å². The number of hydrogen-bond donors (Lipinski definition) is 0. The minimum Gasteiger partial charge on any atom is -0.468 e. The summed E-state index contributed by atoms with van der Waals surface area (Å²) in [6.45, 7) is 6.56. The van der Waals surface area contributed by atoms with Crippen molar-refractivity contribution in [1.82, 2.24) is 0 Å². The summed E-state index contributed by atoms with van der Waals surface area (Å²) in [6, 6.07) is 0. The Bertz CT molecular complexity index is 413. The Morgan fingerprint density at radius 3 is 2.16 bits per heavy atom. The average molecular weight is 270 g/mol. The molecule has 2 unspecified atom stereocenters. The van der Waals surface area contributed by atoms with Crippen molar-refractivity contribution in [2.75, 3.05) is 20.3 Å². The summed E-state index contributed by atoms with van der Waals surface area (Å²) in [5, 5.41) is 0. The summed E-state index contributed by atoms with van der Waals surface area (Å²) < 4.78 is 14.3. The molecule has 106 valence electrons. The molecule has 1 aliphatic rings. The molecule has 0 bridgehead atoms. The topological polar surface area (TPSA) is 78.9 Å². The van der Waals surface area contributed by atoms with E-state index in [1.54, 1.807) is 6.92 Å². The lowest BCUT2D eigenvalue weighted by molar-refractivity contribution is -0.165. The average Bonchev–Trinajstić information content (AvgIpc) is 3.05. The van der Waals surface area contributed by atoms with E-state index < -0.39 is 23.3 Å². The molecule has 0 aromatic heterocycles. The molecular weight excluding hydrogens is 252 g/mol. The third-order valence-corrected chi connectivity index (χ3v) is 3.12. The molecule has 0 radical (unpaired) electrons. The van der Waals surface area contributed by atoms with Crippen molar-refractivity contribution < 1.29 is 28.6 Å². The molecule has 0 heterocycles. The summed E-state index contributed by atoms with van der Waals surface area (Å²) in [4.78, 5) is 34.5. The van der Waals surface area contributed by atoms with Crippen LogP contribution in [0, 0.1) is 11.3 Å². The minimum absolute atomic E-state index is 0.0664. The van der Waals surface area contributed by atoms with E-state index in [1.807, 2.05) is 0 Å². The predicted molar refractivity (Wildman–Crippen MR) is 65.0 cm³/mol. The molecule has 0 amide bonds. The van der Waals surface area contributed by atoms with Crippen molar-refractivity contribution in [3.63, 3.8) is 0 Å². The van der Waals surface area contributed by atoms with Crippen LogP contribution in [-0.2, 0) is 28.6 Å². The van der Waals surface area contributed by atoms with E-state index in [-0.39, 0.29) is 24.7 Å². The number of hydrogen-bond acceptors (Lipinski definition) is 6. The highest BCUT2D eigenvalue weighted by Gasteiger charge is 2.65. The second-order valence-electron chi connectivity index (χ2n) is 4.62. The van der Waals surface area contributed by atoms with Gasteiger partial charge in [-0.3, -0.25) is 9.59 Å². The van der Waals surface area contributed by atoms with Gasteiger partial charge in [-0.25, -0.2) is 4.79 Å². The van der Waals surface area contributed by atoms with Crippen molar-refractivity contribution in [2.24, 2.45) is 11.3 Å². The van der Waals surface area contributed by atoms with Crippen LogP contribution in [0.1, 0.15) is 20.3 Å². The molecule has 6 heteroatoms. The normalized spacial score (nSPS) is 24.3. The van der Waals surface area contributed by atoms with Crippen LogP contribution in [0.15, 0.2) is 12.2 Å². The summed E-state index contributed by atoms with van der Waals surface area (Å²) in [6.07, 6.45) is 0.421. The Kier molecular flexibility index (Phi) is 4.69. The van der Waals surface area contributed by atoms with E-state index in [1.165, 1.54) is 14.0 Å². The molecule has 0 aliphatic heterocycles. The SMILES string of the molecule is C=C(C)C(=O)OCCOC(=O)C1(C(=O)OC)CC1C. The maximum absolute atomic E-state index is 11.8. The fourth-order valence-electron chi connectivity index (χ4n) is 1.78. The molecule has 0 aromatic rings. The van der Waals surface area contributed by atoms with E-state index >= 15 is 0 Å². The van der Waals surface area contributed by atoms with Crippen LogP contribution in [0.5, 0.6) is 0 Å². The molecule has 0 saturated heterocycles. The molecule has 0 N–H and O–H groups in total. The molecule has 1 saturated carbocycles. The minimum atomic E-state index is -1.17. The largest absolute Gasteiger partial charge is 0.468 e. The molecule has 1 rings (SSSR count). The van der Waals surface area contributed by atoms with Gasteiger partial charge in [0.05, 0.1) is 7.11 Å². The van der Waals surface area contributed by atoms with E-state index in [2.05, 4.69) is 11.3 Å². The zero-order valence-corrected chi connectivity index (χ0v) is 11.4. The third-order valence-electron chi connectivity index (χ3n) is 3.12. The van der Waals surface area contributed by atoms with Gasteiger partial charge in [-0.2, -0.15) is 0 Å². The van der Waals surface area contributed by atoms with E-state index in [4.69, 9.17) is 9.47 Å². The van der Waals surface area contributed by atoms with E-state index in [0.717, 1.165) is 0 Å². The highest BCUT2D eigenvalue weighted by atomic mass is 16.6. The van der Waals surface area contributed by atoms with Crippen LogP contribution in [0.4, 0.5) is 0 Å². The Morgan fingerprint density at radius 1 is 1.21 bits per heavy atom. The second kappa shape index (κ2) is 5.86. The van der Waals surface area contributed by atoms with Crippen molar-refractivity contribution in [3.05, 3.63) is 12.2 Å². The van der Waals surface area contributed by atoms with Gasteiger partial charge in [-0.1, -0.05) is 13.5 Å². The zero-order valence-electron chi connectivity index (χ0n) is 11.4. The highest BCUT2D eigenvalue weighted by molar-refractivity contribution is 6.03. The standard InChI is InChI=1S/C13H18O6/c1-8(2)10(14)18-5-6-19-12(16)13(7-9(13)3)11(15)17-4/h9H,1,5-7H2,2-4H3. The van der Waals surface area contributed by atoms with Gasteiger partial charge in [0.15, 0.2) is 5.41 Å². The quantitative estimate of drug-likeness (QED) is 0.234. The number of methoxy groups -OCH3 is 1. The summed E-state index contributed by atoms with van der Waals surface area (Å²) in [5.41, 5.74) is -0.902. The van der Waals surface area contributed by atoms with Crippen LogP contribution in [0.2, 0.25) is 0 Å². The number of esters is 3. The molecule has 0 aromatic carbocycles. The van der Waals surface area contributed by atoms with Gasteiger partial charge in [0.2, 0.25) is 0 Å². The molecule has 0 spiro atoms. The smallest absolute Gasteiger partial charge is 0.333 e.